The van der Waals surface area contributed by atoms with Gasteiger partial charge in [-0.15, -0.1) is 0 Å². The Bertz CT molecular complexity index is 185. The lowest BCUT2D eigenvalue weighted by Crippen LogP contribution is -2.39. The zero-order valence-electron chi connectivity index (χ0n) is 8.29. The van der Waals surface area contributed by atoms with E-state index >= 15 is 0 Å². The van der Waals surface area contributed by atoms with Gasteiger partial charge in [0, 0.05) is 0 Å². The number of hydrogen-bond acceptors (Lipinski definition) is 5. The Labute approximate surface area is 91.6 Å². The molecule has 0 unspecified atom stereocenters. The molecule has 0 amide bonds. The maximum atomic E-state index is 10.7. The summed E-state index contributed by atoms with van der Waals surface area (Å²) in [7, 11) is -6.03. The van der Waals surface area contributed by atoms with Gasteiger partial charge in [-0.3, -0.25) is 0 Å². The number of rotatable bonds is 4. The summed E-state index contributed by atoms with van der Waals surface area (Å²) in [6, 6.07) is 0. The zero-order chi connectivity index (χ0) is 11.5. The summed E-state index contributed by atoms with van der Waals surface area (Å²) in [4.78, 5) is 42.8. The lowest BCUT2D eigenvalue weighted by atomic mass is 9.83. The van der Waals surface area contributed by atoms with Crippen molar-refractivity contribution in [2.24, 2.45) is 0 Å². The first kappa shape index (κ1) is 13.7. The molecule has 7 heteroatoms. The molecule has 0 aromatic heterocycles. The minimum atomic E-state index is -3.02. The highest BCUT2D eigenvalue weighted by Gasteiger charge is 2.30. The van der Waals surface area contributed by atoms with E-state index in [-0.39, 0.29) is 6.42 Å². The van der Waals surface area contributed by atoms with Gasteiger partial charge in [-0.1, -0.05) is 24.7 Å². The first-order valence-electron chi connectivity index (χ1n) is 4.94. The highest BCUT2D eigenvalue weighted by Crippen LogP contribution is 2.46. The second-order valence-electron chi connectivity index (χ2n) is 4.04. The van der Waals surface area contributed by atoms with Crippen LogP contribution in [0.3, 0.4) is 0 Å². The molecule has 0 spiro atoms. The average Bonchev–Trinajstić information content (AvgIpc) is 2.14. The third kappa shape index (κ3) is 4.20. The predicted octanol–water partition coefficient (Wildman–Crippen LogP) is -1.54. The van der Waals surface area contributed by atoms with E-state index in [1.54, 1.807) is 0 Å². The minimum Gasteiger partial charge on any atom is -0.841 e. The molecular formula is C8H14O5P2-4. The van der Waals surface area contributed by atoms with Crippen molar-refractivity contribution >= 4 is 16.8 Å². The van der Waals surface area contributed by atoms with Crippen molar-refractivity contribution in [3.63, 3.8) is 0 Å². The Morgan fingerprint density at radius 2 is 1.47 bits per heavy atom. The minimum absolute atomic E-state index is 0.176. The van der Waals surface area contributed by atoms with Crippen molar-refractivity contribution in [2.45, 2.75) is 49.5 Å². The van der Waals surface area contributed by atoms with Crippen LogP contribution in [-0.4, -0.2) is 16.1 Å². The standard InChI is InChI=1S/C8H14O5P2/c9-8(4-2-1-3-5-8)6-7(14(10)11)15(12)13/h7,9H,1-6H2/q-4. The van der Waals surface area contributed by atoms with Crippen LogP contribution in [0.1, 0.15) is 38.5 Å². The van der Waals surface area contributed by atoms with Crippen LogP contribution in [-0.2, 0) is 0 Å². The maximum absolute atomic E-state index is 10.7. The summed E-state index contributed by atoms with van der Waals surface area (Å²) in [6.07, 6.45) is 3.49. The van der Waals surface area contributed by atoms with Crippen molar-refractivity contribution in [2.75, 3.05) is 0 Å². The van der Waals surface area contributed by atoms with Gasteiger partial charge < -0.3 is 41.4 Å². The van der Waals surface area contributed by atoms with E-state index in [9.17, 15) is 24.7 Å². The largest absolute Gasteiger partial charge is 0.841 e. The highest BCUT2D eigenvalue weighted by atomic mass is 31.2. The molecule has 0 radical (unpaired) electrons. The summed E-state index contributed by atoms with van der Waals surface area (Å²) >= 11 is 0. The summed E-state index contributed by atoms with van der Waals surface area (Å²) in [5.74, 6) is 0. The summed E-state index contributed by atoms with van der Waals surface area (Å²) in [5, 5.41) is 8.59. The van der Waals surface area contributed by atoms with E-state index in [0.717, 1.165) is 19.3 Å². The van der Waals surface area contributed by atoms with Gasteiger partial charge in [0.25, 0.3) is 0 Å². The van der Waals surface area contributed by atoms with Crippen LogP contribution in [0.5, 0.6) is 0 Å². The van der Waals surface area contributed by atoms with Gasteiger partial charge in [0.2, 0.25) is 0 Å². The van der Waals surface area contributed by atoms with Crippen LogP contribution in [0.2, 0.25) is 0 Å². The van der Waals surface area contributed by atoms with E-state index in [4.69, 9.17) is 0 Å². The Kier molecular flexibility index (Phi) is 5.33. The van der Waals surface area contributed by atoms with Crippen molar-refractivity contribution in [3.05, 3.63) is 0 Å². The SMILES string of the molecule is [O-]P([O-])C(CC1(O)CCCCC1)P([O-])[O-]. The van der Waals surface area contributed by atoms with Crippen LogP contribution in [0.4, 0.5) is 0 Å². The number of aliphatic hydroxyl groups is 1. The topological polar surface area (TPSA) is 112 Å². The van der Waals surface area contributed by atoms with Gasteiger partial charge in [0.05, 0.1) is 5.60 Å². The zero-order valence-corrected chi connectivity index (χ0v) is 10.1. The van der Waals surface area contributed by atoms with Crippen molar-refractivity contribution in [3.8, 4) is 0 Å². The van der Waals surface area contributed by atoms with Gasteiger partial charge in [-0.25, -0.2) is 0 Å². The first-order chi connectivity index (χ1) is 6.94. The lowest BCUT2D eigenvalue weighted by molar-refractivity contribution is -0.308. The van der Waals surface area contributed by atoms with Crippen molar-refractivity contribution in [1.29, 1.82) is 0 Å². The lowest BCUT2D eigenvalue weighted by Gasteiger charge is -2.55. The van der Waals surface area contributed by atoms with Crippen LogP contribution < -0.4 is 19.6 Å². The molecule has 1 N–H and O–H groups in total. The van der Waals surface area contributed by atoms with E-state index in [0.29, 0.717) is 12.8 Å². The summed E-state index contributed by atoms with van der Waals surface area (Å²) in [5.41, 5.74) is -1.10. The molecule has 5 nitrogen and oxygen atoms in total. The normalized spacial score (nSPS) is 21.6. The van der Waals surface area contributed by atoms with Crippen molar-refractivity contribution in [1.82, 2.24) is 0 Å². The molecule has 1 aliphatic rings. The molecule has 0 atom stereocenters. The van der Waals surface area contributed by atoms with Gasteiger partial charge >= 0.3 is 0 Å². The number of hydrogen-bond donors (Lipinski definition) is 1. The fourth-order valence-electron chi connectivity index (χ4n) is 1.98. The van der Waals surface area contributed by atoms with E-state index in [2.05, 4.69) is 0 Å². The van der Waals surface area contributed by atoms with Gasteiger partial charge in [-0.2, -0.15) is 0 Å². The van der Waals surface area contributed by atoms with Gasteiger partial charge in [-0.05, 0) is 19.3 Å². The fraction of sp³-hybridized carbons (Fsp3) is 1.00. The molecule has 1 fully saturated rings. The molecule has 1 rings (SSSR count). The molecule has 0 aromatic rings. The Hall–Kier alpha value is 0.660. The Balaban J connectivity index is 2.55. The smallest absolute Gasteiger partial charge is 0.0655 e. The monoisotopic (exact) mass is 252 g/mol. The molecule has 0 saturated heterocycles. The predicted molar refractivity (Wildman–Crippen MR) is 50.3 cm³/mol. The van der Waals surface area contributed by atoms with Crippen LogP contribution >= 0.6 is 16.8 Å². The summed E-state index contributed by atoms with van der Waals surface area (Å²) < 4.78 is 0. The summed E-state index contributed by atoms with van der Waals surface area (Å²) in [6.45, 7) is 0. The van der Waals surface area contributed by atoms with E-state index < -0.39 is 27.8 Å². The van der Waals surface area contributed by atoms with Crippen LogP contribution in [0.25, 0.3) is 0 Å². The van der Waals surface area contributed by atoms with Gasteiger partial charge in [0.1, 0.15) is 0 Å². The van der Waals surface area contributed by atoms with Crippen LogP contribution in [0, 0.1) is 0 Å². The second-order valence-corrected chi connectivity index (χ2v) is 6.84. The van der Waals surface area contributed by atoms with Crippen molar-refractivity contribution < 1.29 is 24.7 Å². The Morgan fingerprint density at radius 1 is 1.00 bits per heavy atom. The molecular weight excluding hydrogens is 238 g/mol. The molecule has 1 saturated carbocycles. The molecule has 15 heavy (non-hydrogen) atoms. The molecule has 0 aromatic carbocycles. The molecule has 0 heterocycles. The maximum Gasteiger partial charge on any atom is 0.0655 e. The molecule has 0 bridgehead atoms. The van der Waals surface area contributed by atoms with E-state index in [1.807, 2.05) is 0 Å². The second kappa shape index (κ2) is 5.83. The first-order valence-corrected chi connectivity index (χ1v) is 7.43. The van der Waals surface area contributed by atoms with Crippen LogP contribution in [0.15, 0.2) is 0 Å². The third-order valence-electron chi connectivity index (χ3n) is 2.83. The molecule has 1 aliphatic carbocycles. The Morgan fingerprint density at radius 3 is 1.87 bits per heavy atom. The average molecular weight is 252 g/mol. The quantitative estimate of drug-likeness (QED) is 0.609. The molecule has 90 valence electrons. The molecule has 0 aliphatic heterocycles. The van der Waals surface area contributed by atoms with Gasteiger partial charge in [0.15, 0.2) is 0 Å². The fourth-order valence-corrected chi connectivity index (χ4v) is 3.57. The van der Waals surface area contributed by atoms with E-state index in [1.165, 1.54) is 0 Å². The third-order valence-corrected chi connectivity index (χ3v) is 5.30. The highest BCUT2D eigenvalue weighted by molar-refractivity contribution is 7.61.